The Balaban J connectivity index is 2.23. The molecule has 0 atom stereocenters. The number of amides is 1. The minimum absolute atomic E-state index is 0.0611. The summed E-state index contributed by atoms with van der Waals surface area (Å²) < 4.78 is 0. The third-order valence-corrected chi connectivity index (χ3v) is 3.84. The van der Waals surface area contributed by atoms with Crippen LogP contribution in [-0.2, 0) is 4.79 Å². The smallest absolute Gasteiger partial charge is 0.277 e. The van der Waals surface area contributed by atoms with Crippen LogP contribution in [0.15, 0.2) is 42.0 Å². The van der Waals surface area contributed by atoms with Gasteiger partial charge in [-0.2, -0.15) is 0 Å². The van der Waals surface area contributed by atoms with E-state index in [2.05, 4.69) is 10.9 Å². The van der Waals surface area contributed by atoms with Gasteiger partial charge in [-0.25, -0.2) is 5.43 Å². The first-order chi connectivity index (χ1) is 10.4. The number of hydrogen-bond donors (Lipinski definition) is 2. The Bertz CT molecular complexity index is 824. The lowest BCUT2D eigenvalue weighted by atomic mass is 9.92. The SMILES string of the molecule is CC1(C)NNC(=O)/C1=C\c1ccc([N+](=O)[O-])c2ccccc12. The third-order valence-electron chi connectivity index (χ3n) is 3.84. The van der Waals surface area contributed by atoms with Crippen LogP contribution < -0.4 is 10.9 Å². The molecule has 3 rings (SSSR count). The van der Waals surface area contributed by atoms with E-state index in [0.717, 1.165) is 10.9 Å². The summed E-state index contributed by atoms with van der Waals surface area (Å²) >= 11 is 0. The Morgan fingerprint density at radius 2 is 1.82 bits per heavy atom. The summed E-state index contributed by atoms with van der Waals surface area (Å²) in [6.07, 6.45) is 1.78. The number of nitrogens with zero attached hydrogens (tertiary/aromatic N) is 1. The molecule has 22 heavy (non-hydrogen) atoms. The predicted molar refractivity (Wildman–Crippen MR) is 83.9 cm³/mol. The van der Waals surface area contributed by atoms with Crippen molar-refractivity contribution in [1.29, 1.82) is 0 Å². The summed E-state index contributed by atoms with van der Waals surface area (Å²) in [6, 6.07) is 10.3. The molecule has 0 radical (unpaired) electrons. The molecule has 1 saturated heterocycles. The van der Waals surface area contributed by atoms with E-state index < -0.39 is 10.5 Å². The normalized spacial score (nSPS) is 18.6. The van der Waals surface area contributed by atoms with Crippen molar-refractivity contribution < 1.29 is 9.72 Å². The van der Waals surface area contributed by atoms with E-state index in [0.29, 0.717) is 11.0 Å². The number of rotatable bonds is 2. The van der Waals surface area contributed by atoms with Crippen molar-refractivity contribution in [3.8, 4) is 0 Å². The molecule has 1 heterocycles. The van der Waals surface area contributed by atoms with Gasteiger partial charge >= 0.3 is 0 Å². The number of nitro groups is 1. The molecule has 0 bridgehead atoms. The molecule has 0 aliphatic carbocycles. The summed E-state index contributed by atoms with van der Waals surface area (Å²) in [5.74, 6) is -0.188. The van der Waals surface area contributed by atoms with Crippen LogP contribution in [0.1, 0.15) is 19.4 Å². The molecule has 2 aromatic rings. The molecule has 1 amide bonds. The van der Waals surface area contributed by atoms with Gasteiger partial charge in [0.15, 0.2) is 0 Å². The lowest BCUT2D eigenvalue weighted by molar-refractivity contribution is -0.383. The van der Waals surface area contributed by atoms with Crippen LogP contribution in [-0.4, -0.2) is 16.4 Å². The van der Waals surface area contributed by atoms with Crippen LogP contribution >= 0.6 is 0 Å². The monoisotopic (exact) mass is 297 g/mol. The molecule has 1 fully saturated rings. The average molecular weight is 297 g/mol. The molecule has 0 unspecified atom stereocenters. The van der Waals surface area contributed by atoms with Gasteiger partial charge in [-0.05, 0) is 43.0 Å². The van der Waals surface area contributed by atoms with Crippen LogP contribution in [0, 0.1) is 10.1 Å². The number of carbonyl (C=O) groups is 1. The van der Waals surface area contributed by atoms with Crippen molar-refractivity contribution in [2.75, 3.05) is 0 Å². The van der Waals surface area contributed by atoms with Crippen molar-refractivity contribution >= 4 is 28.4 Å². The van der Waals surface area contributed by atoms with E-state index >= 15 is 0 Å². The van der Waals surface area contributed by atoms with Gasteiger partial charge in [-0.15, -0.1) is 0 Å². The fourth-order valence-corrected chi connectivity index (χ4v) is 2.62. The minimum Gasteiger partial charge on any atom is -0.287 e. The zero-order valence-electron chi connectivity index (χ0n) is 12.2. The molecule has 2 aromatic carbocycles. The van der Waals surface area contributed by atoms with Gasteiger partial charge in [0.25, 0.3) is 11.6 Å². The number of carbonyl (C=O) groups excluding carboxylic acids is 1. The zero-order chi connectivity index (χ0) is 15.9. The lowest BCUT2D eigenvalue weighted by Crippen LogP contribution is -2.38. The van der Waals surface area contributed by atoms with Gasteiger partial charge in [0.1, 0.15) is 0 Å². The first-order valence-corrected chi connectivity index (χ1v) is 6.86. The molecule has 2 N–H and O–H groups in total. The number of non-ortho nitro benzene ring substituents is 1. The molecule has 0 saturated carbocycles. The fourth-order valence-electron chi connectivity index (χ4n) is 2.62. The van der Waals surface area contributed by atoms with Gasteiger partial charge in [0, 0.05) is 11.6 Å². The third kappa shape index (κ3) is 2.23. The Morgan fingerprint density at radius 3 is 2.41 bits per heavy atom. The maximum atomic E-state index is 12.0. The summed E-state index contributed by atoms with van der Waals surface area (Å²) in [5, 5.41) is 12.5. The highest BCUT2D eigenvalue weighted by molar-refractivity contribution is 6.05. The van der Waals surface area contributed by atoms with Crippen LogP contribution in [0.25, 0.3) is 16.8 Å². The van der Waals surface area contributed by atoms with E-state index in [1.165, 1.54) is 6.07 Å². The number of hydrazine groups is 1. The first-order valence-electron chi connectivity index (χ1n) is 6.86. The molecular formula is C16H15N3O3. The van der Waals surface area contributed by atoms with Crippen molar-refractivity contribution in [3.05, 3.63) is 57.6 Å². The van der Waals surface area contributed by atoms with E-state index in [9.17, 15) is 14.9 Å². The van der Waals surface area contributed by atoms with Gasteiger partial charge in [-0.3, -0.25) is 20.3 Å². The second-order valence-corrected chi connectivity index (χ2v) is 5.74. The number of nitro benzene ring substituents is 1. The Hall–Kier alpha value is -2.73. The van der Waals surface area contributed by atoms with Crippen molar-refractivity contribution in [2.24, 2.45) is 0 Å². The standard InChI is InChI=1S/C16H15N3O3/c1-16(2)13(15(20)17-18-16)9-10-7-8-14(19(21)22)12-6-4-3-5-11(10)12/h3-9,18H,1-2H3,(H,17,20)/b13-9+. The molecule has 0 spiro atoms. The van der Waals surface area contributed by atoms with Crippen LogP contribution in [0.5, 0.6) is 0 Å². The number of benzene rings is 2. The molecule has 6 heteroatoms. The Morgan fingerprint density at radius 1 is 1.14 bits per heavy atom. The van der Waals surface area contributed by atoms with E-state index in [1.54, 1.807) is 24.3 Å². The van der Waals surface area contributed by atoms with Crippen molar-refractivity contribution in [2.45, 2.75) is 19.4 Å². The van der Waals surface area contributed by atoms with Crippen LogP contribution in [0.2, 0.25) is 0 Å². The predicted octanol–water partition coefficient (Wildman–Crippen LogP) is 2.54. The number of hydrogen-bond acceptors (Lipinski definition) is 4. The van der Waals surface area contributed by atoms with E-state index in [4.69, 9.17) is 0 Å². The highest BCUT2D eigenvalue weighted by Gasteiger charge is 2.35. The fraction of sp³-hybridized carbons (Fsp3) is 0.188. The minimum atomic E-state index is -0.500. The highest BCUT2D eigenvalue weighted by Crippen LogP contribution is 2.31. The second-order valence-electron chi connectivity index (χ2n) is 5.74. The molecular weight excluding hydrogens is 282 g/mol. The summed E-state index contributed by atoms with van der Waals surface area (Å²) in [5.41, 5.74) is 6.44. The van der Waals surface area contributed by atoms with Gasteiger partial charge in [0.05, 0.1) is 15.8 Å². The topological polar surface area (TPSA) is 84.3 Å². The number of nitrogens with one attached hydrogen (secondary N) is 2. The first kappa shape index (κ1) is 14.2. The number of fused-ring (bicyclic) bond motifs is 1. The Kier molecular flexibility index (Phi) is 3.18. The van der Waals surface area contributed by atoms with Gasteiger partial charge in [0.2, 0.25) is 0 Å². The van der Waals surface area contributed by atoms with Gasteiger partial charge in [-0.1, -0.05) is 18.2 Å². The van der Waals surface area contributed by atoms with Crippen LogP contribution in [0.4, 0.5) is 5.69 Å². The summed E-state index contributed by atoms with van der Waals surface area (Å²) in [7, 11) is 0. The summed E-state index contributed by atoms with van der Waals surface area (Å²) in [4.78, 5) is 22.7. The molecule has 1 aliphatic heterocycles. The highest BCUT2D eigenvalue weighted by atomic mass is 16.6. The molecule has 112 valence electrons. The van der Waals surface area contributed by atoms with E-state index in [-0.39, 0.29) is 11.6 Å². The molecule has 1 aliphatic rings. The second kappa shape index (κ2) is 4.92. The molecule has 0 aromatic heterocycles. The lowest BCUT2D eigenvalue weighted by Gasteiger charge is -2.17. The largest absolute Gasteiger partial charge is 0.287 e. The van der Waals surface area contributed by atoms with Crippen LogP contribution in [0.3, 0.4) is 0 Å². The Labute approximate surface area is 126 Å². The summed E-state index contributed by atoms with van der Waals surface area (Å²) in [6.45, 7) is 3.79. The zero-order valence-corrected chi connectivity index (χ0v) is 12.2. The average Bonchev–Trinajstić information content (AvgIpc) is 2.74. The maximum absolute atomic E-state index is 12.0. The van der Waals surface area contributed by atoms with E-state index in [1.807, 2.05) is 26.0 Å². The van der Waals surface area contributed by atoms with Gasteiger partial charge < -0.3 is 0 Å². The van der Waals surface area contributed by atoms with Crippen molar-refractivity contribution in [1.82, 2.24) is 10.9 Å². The maximum Gasteiger partial charge on any atom is 0.277 e. The quantitative estimate of drug-likeness (QED) is 0.507. The molecule has 6 nitrogen and oxygen atoms in total. The van der Waals surface area contributed by atoms with Crippen molar-refractivity contribution in [3.63, 3.8) is 0 Å².